The molecule has 0 fully saturated rings. The normalized spacial score (nSPS) is 12.5. The molecule has 1 atom stereocenters. The first-order valence-corrected chi connectivity index (χ1v) is 8.54. The lowest BCUT2D eigenvalue weighted by molar-refractivity contribution is 0.624. The number of hydrogen-bond donors (Lipinski definition) is 0. The van der Waals surface area contributed by atoms with Gasteiger partial charge in [-0.2, -0.15) is 0 Å². The number of hydrogen-bond acceptors (Lipinski definition) is 0. The standard InChI is InChI=1S/C15H12Br2FI/c1-8-5-11(18)6-9(2)14(8)15(17)12-7-10(16)3-4-13(12)19/h3-7,15H,1-2H3. The first-order chi connectivity index (χ1) is 8.90. The van der Waals surface area contributed by atoms with E-state index in [-0.39, 0.29) is 10.6 Å². The maximum atomic E-state index is 13.4. The average Bonchev–Trinajstić information content (AvgIpc) is 2.30. The highest BCUT2D eigenvalue weighted by molar-refractivity contribution is 14.1. The number of alkyl halides is 1. The van der Waals surface area contributed by atoms with Gasteiger partial charge in [-0.05, 0) is 89.0 Å². The van der Waals surface area contributed by atoms with Crippen LogP contribution in [0.2, 0.25) is 0 Å². The van der Waals surface area contributed by atoms with Crippen LogP contribution >= 0.6 is 54.5 Å². The molecule has 0 radical (unpaired) electrons. The van der Waals surface area contributed by atoms with Gasteiger partial charge in [-0.1, -0.05) is 31.9 Å². The van der Waals surface area contributed by atoms with E-state index >= 15 is 0 Å². The third-order valence-electron chi connectivity index (χ3n) is 3.04. The average molecular weight is 498 g/mol. The minimum Gasteiger partial charge on any atom is -0.207 e. The Balaban J connectivity index is 2.56. The van der Waals surface area contributed by atoms with E-state index in [0.29, 0.717) is 0 Å². The van der Waals surface area contributed by atoms with Crippen LogP contribution in [0.3, 0.4) is 0 Å². The molecule has 2 rings (SSSR count). The highest BCUT2D eigenvalue weighted by atomic mass is 127. The van der Waals surface area contributed by atoms with E-state index in [2.05, 4.69) is 66.6 Å². The fraction of sp³-hybridized carbons (Fsp3) is 0.200. The Labute approximate surface area is 143 Å². The van der Waals surface area contributed by atoms with Crippen molar-refractivity contribution in [3.05, 3.63) is 66.4 Å². The third-order valence-corrected chi connectivity index (χ3v) is 5.47. The predicted octanol–water partition coefficient (Wildman–Crippen LogP) is 6.29. The Morgan fingerprint density at radius 1 is 1.11 bits per heavy atom. The van der Waals surface area contributed by atoms with Crippen molar-refractivity contribution in [2.24, 2.45) is 0 Å². The van der Waals surface area contributed by atoms with Crippen molar-refractivity contribution in [3.63, 3.8) is 0 Å². The highest BCUT2D eigenvalue weighted by Gasteiger charge is 2.18. The molecule has 0 saturated carbocycles. The second-order valence-electron chi connectivity index (χ2n) is 4.48. The highest BCUT2D eigenvalue weighted by Crippen LogP contribution is 2.38. The van der Waals surface area contributed by atoms with Crippen LogP contribution in [0.5, 0.6) is 0 Å². The molecule has 2 aromatic rings. The van der Waals surface area contributed by atoms with Crippen LogP contribution in [0.25, 0.3) is 0 Å². The van der Waals surface area contributed by atoms with Gasteiger partial charge in [-0.15, -0.1) is 0 Å². The zero-order valence-electron chi connectivity index (χ0n) is 10.5. The second kappa shape index (κ2) is 6.22. The first kappa shape index (κ1) is 15.4. The summed E-state index contributed by atoms with van der Waals surface area (Å²) in [5, 5.41) is 0. The van der Waals surface area contributed by atoms with E-state index in [1.807, 2.05) is 19.9 Å². The molecule has 0 spiro atoms. The van der Waals surface area contributed by atoms with E-state index in [0.717, 1.165) is 21.2 Å². The SMILES string of the molecule is Cc1cc(F)cc(C)c1C(Br)c1cc(Br)ccc1I. The van der Waals surface area contributed by atoms with Gasteiger partial charge in [0.05, 0.1) is 4.83 Å². The minimum absolute atomic E-state index is 0.0671. The zero-order chi connectivity index (χ0) is 14.2. The molecular weight excluding hydrogens is 486 g/mol. The second-order valence-corrected chi connectivity index (χ2v) is 7.48. The Bertz CT molecular complexity index is 603. The molecule has 0 aliphatic heterocycles. The molecule has 0 aliphatic rings. The molecule has 19 heavy (non-hydrogen) atoms. The molecule has 4 heteroatoms. The van der Waals surface area contributed by atoms with Gasteiger partial charge in [-0.3, -0.25) is 0 Å². The lowest BCUT2D eigenvalue weighted by Crippen LogP contribution is -2.02. The molecule has 0 amide bonds. The maximum absolute atomic E-state index is 13.4. The summed E-state index contributed by atoms with van der Waals surface area (Å²) in [5.41, 5.74) is 4.26. The molecule has 0 N–H and O–H groups in total. The van der Waals surface area contributed by atoms with Gasteiger partial charge < -0.3 is 0 Å². The fourth-order valence-corrected chi connectivity index (χ4v) is 4.74. The summed E-state index contributed by atoms with van der Waals surface area (Å²) in [7, 11) is 0. The van der Waals surface area contributed by atoms with Crippen LogP contribution in [0.4, 0.5) is 4.39 Å². The van der Waals surface area contributed by atoms with Gasteiger partial charge in [-0.25, -0.2) is 4.39 Å². The number of halogens is 4. The van der Waals surface area contributed by atoms with Gasteiger partial charge in [0.2, 0.25) is 0 Å². The van der Waals surface area contributed by atoms with Crippen molar-refractivity contribution in [1.82, 2.24) is 0 Å². The van der Waals surface area contributed by atoms with E-state index in [9.17, 15) is 4.39 Å². The predicted molar refractivity (Wildman–Crippen MR) is 93.5 cm³/mol. The van der Waals surface area contributed by atoms with Gasteiger partial charge in [0.1, 0.15) is 5.82 Å². The molecular formula is C15H12Br2FI. The Kier molecular flexibility index (Phi) is 5.06. The van der Waals surface area contributed by atoms with E-state index in [1.165, 1.54) is 9.13 Å². The molecule has 0 heterocycles. The molecule has 100 valence electrons. The van der Waals surface area contributed by atoms with Crippen molar-refractivity contribution in [2.75, 3.05) is 0 Å². The summed E-state index contributed by atoms with van der Waals surface area (Å²) in [6.45, 7) is 3.90. The first-order valence-electron chi connectivity index (χ1n) is 5.76. The summed E-state index contributed by atoms with van der Waals surface area (Å²) in [4.78, 5) is 0.0671. The molecule has 0 nitrogen and oxygen atoms in total. The largest absolute Gasteiger partial charge is 0.207 e. The van der Waals surface area contributed by atoms with E-state index < -0.39 is 0 Å². The van der Waals surface area contributed by atoms with Gasteiger partial charge >= 0.3 is 0 Å². The van der Waals surface area contributed by atoms with Crippen molar-refractivity contribution in [2.45, 2.75) is 18.7 Å². The molecule has 0 aliphatic carbocycles. The van der Waals surface area contributed by atoms with Crippen molar-refractivity contribution in [1.29, 1.82) is 0 Å². The Hall–Kier alpha value is 0.0600. The summed E-state index contributed by atoms with van der Waals surface area (Å²) in [6.07, 6.45) is 0. The van der Waals surface area contributed by atoms with Crippen LogP contribution in [0.1, 0.15) is 27.1 Å². The van der Waals surface area contributed by atoms with Gasteiger partial charge in [0.15, 0.2) is 0 Å². The number of rotatable bonds is 2. The van der Waals surface area contributed by atoms with Gasteiger partial charge in [0.25, 0.3) is 0 Å². The number of benzene rings is 2. The van der Waals surface area contributed by atoms with E-state index in [1.54, 1.807) is 12.1 Å². The van der Waals surface area contributed by atoms with Crippen LogP contribution in [0, 0.1) is 23.2 Å². The summed E-state index contributed by atoms with van der Waals surface area (Å²) in [5.74, 6) is -0.178. The smallest absolute Gasteiger partial charge is 0.123 e. The fourth-order valence-electron chi connectivity index (χ4n) is 2.19. The van der Waals surface area contributed by atoms with Gasteiger partial charge in [0, 0.05) is 8.04 Å². The molecule has 2 aromatic carbocycles. The van der Waals surface area contributed by atoms with Crippen LogP contribution < -0.4 is 0 Å². The summed E-state index contributed by atoms with van der Waals surface area (Å²) < 4.78 is 15.6. The molecule has 0 bridgehead atoms. The zero-order valence-corrected chi connectivity index (χ0v) is 15.8. The van der Waals surface area contributed by atoms with E-state index in [4.69, 9.17) is 0 Å². The monoisotopic (exact) mass is 496 g/mol. The molecule has 1 unspecified atom stereocenters. The lowest BCUT2D eigenvalue weighted by atomic mass is 9.96. The Morgan fingerprint density at radius 2 is 1.68 bits per heavy atom. The van der Waals surface area contributed by atoms with Crippen LogP contribution in [0.15, 0.2) is 34.8 Å². The quantitative estimate of drug-likeness (QED) is 0.338. The van der Waals surface area contributed by atoms with Crippen molar-refractivity contribution >= 4 is 54.5 Å². The summed E-state index contributed by atoms with van der Waals surface area (Å²) >= 11 is 9.58. The lowest BCUT2D eigenvalue weighted by Gasteiger charge is -2.18. The minimum atomic E-state index is -0.178. The third kappa shape index (κ3) is 3.39. The van der Waals surface area contributed by atoms with Crippen molar-refractivity contribution < 1.29 is 4.39 Å². The number of aryl methyl sites for hydroxylation is 2. The van der Waals surface area contributed by atoms with Crippen molar-refractivity contribution in [3.8, 4) is 0 Å². The maximum Gasteiger partial charge on any atom is 0.123 e. The van der Waals surface area contributed by atoms with Crippen LogP contribution in [-0.4, -0.2) is 0 Å². The van der Waals surface area contributed by atoms with Crippen LogP contribution in [-0.2, 0) is 0 Å². The molecule has 0 saturated heterocycles. The summed E-state index contributed by atoms with van der Waals surface area (Å²) in [6, 6.07) is 9.37. The Morgan fingerprint density at radius 3 is 2.26 bits per heavy atom. The topological polar surface area (TPSA) is 0 Å². The molecule has 0 aromatic heterocycles.